The minimum atomic E-state index is -0.0663. The zero-order valence-electron chi connectivity index (χ0n) is 10.9. The molecule has 1 aliphatic rings. The maximum absolute atomic E-state index is 11.7. The highest BCUT2D eigenvalue weighted by molar-refractivity contribution is 5.78. The van der Waals surface area contributed by atoms with Crippen molar-refractivity contribution >= 4 is 5.91 Å². The summed E-state index contributed by atoms with van der Waals surface area (Å²) in [6.45, 7) is 6.79. The Labute approximate surface area is 99.4 Å². The van der Waals surface area contributed by atoms with Crippen LogP contribution in [0.3, 0.4) is 0 Å². The maximum Gasteiger partial charge on any atom is 0.234 e. The van der Waals surface area contributed by atoms with Gasteiger partial charge in [-0.25, -0.2) is 0 Å². The van der Waals surface area contributed by atoms with Gasteiger partial charge < -0.3 is 10.6 Å². The first-order valence-corrected chi connectivity index (χ1v) is 6.58. The van der Waals surface area contributed by atoms with E-state index in [1.807, 2.05) is 0 Å². The monoisotopic (exact) mass is 226 g/mol. The smallest absolute Gasteiger partial charge is 0.234 e. The van der Waals surface area contributed by atoms with Crippen molar-refractivity contribution in [3.8, 4) is 0 Å². The fourth-order valence-corrected chi connectivity index (χ4v) is 2.48. The SMILES string of the molecule is CCCC(C)(C)NC(=O)CNC1CCCC1. The minimum absolute atomic E-state index is 0.0663. The van der Waals surface area contributed by atoms with Crippen LogP contribution >= 0.6 is 0 Å². The molecule has 3 heteroatoms. The highest BCUT2D eigenvalue weighted by Crippen LogP contribution is 2.17. The molecule has 1 aliphatic carbocycles. The molecule has 0 unspecified atom stereocenters. The molecule has 0 aromatic rings. The summed E-state index contributed by atoms with van der Waals surface area (Å²) >= 11 is 0. The molecule has 0 atom stereocenters. The summed E-state index contributed by atoms with van der Waals surface area (Å²) in [6, 6.07) is 0.569. The number of carbonyl (C=O) groups excluding carboxylic acids is 1. The van der Waals surface area contributed by atoms with Crippen LogP contribution in [0.5, 0.6) is 0 Å². The van der Waals surface area contributed by atoms with E-state index in [9.17, 15) is 4.79 Å². The zero-order chi connectivity index (χ0) is 12.0. The first-order chi connectivity index (χ1) is 7.53. The van der Waals surface area contributed by atoms with Crippen molar-refractivity contribution in [1.82, 2.24) is 10.6 Å². The highest BCUT2D eigenvalue weighted by Gasteiger charge is 2.20. The average Bonchev–Trinajstić information content (AvgIpc) is 2.66. The van der Waals surface area contributed by atoms with Crippen molar-refractivity contribution < 1.29 is 4.79 Å². The van der Waals surface area contributed by atoms with Gasteiger partial charge in [-0.15, -0.1) is 0 Å². The molecule has 1 rings (SSSR count). The van der Waals surface area contributed by atoms with E-state index in [1.54, 1.807) is 0 Å². The number of nitrogens with one attached hydrogen (secondary N) is 2. The molecule has 1 amide bonds. The zero-order valence-corrected chi connectivity index (χ0v) is 10.9. The van der Waals surface area contributed by atoms with Gasteiger partial charge in [0.05, 0.1) is 6.54 Å². The molecule has 1 saturated carbocycles. The first kappa shape index (κ1) is 13.5. The molecule has 0 heterocycles. The Morgan fingerprint density at radius 1 is 1.31 bits per heavy atom. The van der Waals surface area contributed by atoms with Gasteiger partial charge in [-0.05, 0) is 33.1 Å². The van der Waals surface area contributed by atoms with Crippen LogP contribution in [-0.2, 0) is 4.79 Å². The van der Waals surface area contributed by atoms with Crippen LogP contribution in [0.2, 0.25) is 0 Å². The van der Waals surface area contributed by atoms with Crippen LogP contribution in [0, 0.1) is 0 Å². The Bertz CT molecular complexity index is 220. The van der Waals surface area contributed by atoms with Crippen LogP contribution in [0.1, 0.15) is 59.3 Å². The van der Waals surface area contributed by atoms with Gasteiger partial charge in [0.25, 0.3) is 0 Å². The molecule has 0 aliphatic heterocycles. The lowest BCUT2D eigenvalue weighted by atomic mass is 9.99. The Balaban J connectivity index is 2.19. The van der Waals surface area contributed by atoms with E-state index in [-0.39, 0.29) is 11.4 Å². The van der Waals surface area contributed by atoms with Crippen LogP contribution < -0.4 is 10.6 Å². The van der Waals surface area contributed by atoms with Crippen molar-refractivity contribution in [2.45, 2.75) is 70.9 Å². The van der Waals surface area contributed by atoms with Crippen LogP contribution in [-0.4, -0.2) is 24.0 Å². The average molecular weight is 226 g/mol. The lowest BCUT2D eigenvalue weighted by Crippen LogP contribution is -2.47. The van der Waals surface area contributed by atoms with Crippen molar-refractivity contribution in [2.24, 2.45) is 0 Å². The van der Waals surface area contributed by atoms with Crippen LogP contribution in [0.25, 0.3) is 0 Å². The molecule has 0 aromatic heterocycles. The summed E-state index contributed by atoms with van der Waals surface area (Å²) in [5.41, 5.74) is -0.0663. The number of carbonyl (C=O) groups is 1. The number of hydrogen-bond donors (Lipinski definition) is 2. The van der Waals surface area contributed by atoms with Crippen molar-refractivity contribution in [3.63, 3.8) is 0 Å². The van der Waals surface area contributed by atoms with Crippen molar-refractivity contribution in [1.29, 1.82) is 0 Å². The number of hydrogen-bond acceptors (Lipinski definition) is 2. The van der Waals surface area contributed by atoms with Gasteiger partial charge in [0.15, 0.2) is 0 Å². The molecule has 1 fully saturated rings. The number of amides is 1. The number of rotatable bonds is 6. The molecule has 0 saturated heterocycles. The maximum atomic E-state index is 11.7. The second-order valence-electron chi connectivity index (χ2n) is 5.54. The molecule has 0 bridgehead atoms. The molecular weight excluding hydrogens is 200 g/mol. The molecule has 0 radical (unpaired) electrons. The van der Waals surface area contributed by atoms with Crippen molar-refractivity contribution in [3.05, 3.63) is 0 Å². The lowest BCUT2D eigenvalue weighted by Gasteiger charge is -2.26. The summed E-state index contributed by atoms with van der Waals surface area (Å²) in [5, 5.41) is 6.41. The quantitative estimate of drug-likeness (QED) is 0.729. The fraction of sp³-hybridized carbons (Fsp3) is 0.923. The third-order valence-corrected chi connectivity index (χ3v) is 3.26. The van der Waals surface area contributed by atoms with Gasteiger partial charge in [0.2, 0.25) is 5.91 Å². The molecule has 0 spiro atoms. The van der Waals surface area contributed by atoms with E-state index in [4.69, 9.17) is 0 Å². The van der Waals surface area contributed by atoms with E-state index in [0.29, 0.717) is 12.6 Å². The van der Waals surface area contributed by atoms with E-state index < -0.39 is 0 Å². The van der Waals surface area contributed by atoms with E-state index >= 15 is 0 Å². The van der Waals surface area contributed by atoms with E-state index in [0.717, 1.165) is 12.8 Å². The van der Waals surface area contributed by atoms with Crippen LogP contribution in [0.15, 0.2) is 0 Å². The molecule has 3 nitrogen and oxygen atoms in total. The van der Waals surface area contributed by atoms with Gasteiger partial charge in [0.1, 0.15) is 0 Å². The normalized spacial score (nSPS) is 17.7. The van der Waals surface area contributed by atoms with E-state index in [2.05, 4.69) is 31.4 Å². The third kappa shape index (κ3) is 4.97. The lowest BCUT2D eigenvalue weighted by molar-refractivity contribution is -0.122. The highest BCUT2D eigenvalue weighted by atomic mass is 16.2. The van der Waals surface area contributed by atoms with Gasteiger partial charge >= 0.3 is 0 Å². The summed E-state index contributed by atoms with van der Waals surface area (Å²) in [5.74, 6) is 0.130. The second kappa shape index (κ2) is 6.24. The second-order valence-corrected chi connectivity index (χ2v) is 5.54. The Morgan fingerprint density at radius 3 is 2.50 bits per heavy atom. The molecule has 94 valence electrons. The molecular formula is C13H26N2O. The van der Waals surface area contributed by atoms with Crippen LogP contribution in [0.4, 0.5) is 0 Å². The summed E-state index contributed by atoms with van der Waals surface area (Å²) in [4.78, 5) is 11.7. The van der Waals surface area contributed by atoms with Gasteiger partial charge in [-0.1, -0.05) is 26.2 Å². The fourth-order valence-electron chi connectivity index (χ4n) is 2.48. The molecule has 0 aromatic carbocycles. The first-order valence-electron chi connectivity index (χ1n) is 6.58. The Morgan fingerprint density at radius 2 is 1.94 bits per heavy atom. The topological polar surface area (TPSA) is 41.1 Å². The molecule has 16 heavy (non-hydrogen) atoms. The summed E-state index contributed by atoms with van der Waals surface area (Å²) in [6.07, 6.45) is 7.20. The van der Waals surface area contributed by atoms with E-state index in [1.165, 1.54) is 25.7 Å². The van der Waals surface area contributed by atoms with Gasteiger partial charge in [0, 0.05) is 11.6 Å². The largest absolute Gasteiger partial charge is 0.350 e. The Hall–Kier alpha value is -0.570. The summed E-state index contributed by atoms with van der Waals surface area (Å²) < 4.78 is 0. The van der Waals surface area contributed by atoms with Crippen molar-refractivity contribution in [2.75, 3.05) is 6.54 Å². The molecule has 2 N–H and O–H groups in total. The standard InChI is InChI=1S/C13H26N2O/c1-4-9-13(2,3)15-12(16)10-14-11-7-5-6-8-11/h11,14H,4-10H2,1-3H3,(H,15,16). The van der Waals surface area contributed by atoms with Gasteiger partial charge in [-0.2, -0.15) is 0 Å². The third-order valence-electron chi connectivity index (χ3n) is 3.26. The minimum Gasteiger partial charge on any atom is -0.350 e. The van der Waals surface area contributed by atoms with Gasteiger partial charge in [-0.3, -0.25) is 4.79 Å². The predicted molar refractivity (Wildman–Crippen MR) is 67.4 cm³/mol. The predicted octanol–water partition coefficient (Wildman–Crippen LogP) is 2.21. The Kier molecular flexibility index (Phi) is 5.26. The summed E-state index contributed by atoms with van der Waals surface area (Å²) in [7, 11) is 0.